The van der Waals surface area contributed by atoms with E-state index in [-0.39, 0.29) is 29.8 Å². The fourth-order valence-electron chi connectivity index (χ4n) is 3.09. The van der Waals surface area contributed by atoms with Crippen molar-refractivity contribution in [1.82, 2.24) is 14.8 Å². The van der Waals surface area contributed by atoms with Gasteiger partial charge in [-0.15, -0.1) is 5.10 Å². The number of ether oxygens (including phenoxy) is 1. The van der Waals surface area contributed by atoms with Crippen LogP contribution in [0.15, 0.2) is 48.3 Å². The van der Waals surface area contributed by atoms with Crippen LogP contribution in [0.4, 0.5) is 0 Å². The summed E-state index contributed by atoms with van der Waals surface area (Å²) in [6, 6.07) is 9.72. The SMILES string of the molecule is CC(C)=C[C@H]1[C@H](C(=O)OCc2ncn(-c3ccccc3)n2)C1(C)C. The van der Waals surface area contributed by atoms with E-state index < -0.39 is 0 Å². The van der Waals surface area contributed by atoms with Crippen molar-refractivity contribution in [3.8, 4) is 5.69 Å². The highest BCUT2D eigenvalue weighted by Crippen LogP contribution is 2.59. The lowest BCUT2D eigenvalue weighted by Gasteiger charge is -2.03. The van der Waals surface area contributed by atoms with Crippen molar-refractivity contribution in [3.63, 3.8) is 0 Å². The van der Waals surface area contributed by atoms with E-state index in [1.807, 2.05) is 30.3 Å². The summed E-state index contributed by atoms with van der Waals surface area (Å²) in [7, 11) is 0. The normalized spacial score (nSPS) is 21.2. The molecule has 1 fully saturated rings. The molecule has 1 saturated carbocycles. The molecule has 1 heterocycles. The number of esters is 1. The fourth-order valence-corrected chi connectivity index (χ4v) is 3.09. The van der Waals surface area contributed by atoms with Crippen molar-refractivity contribution < 1.29 is 9.53 Å². The van der Waals surface area contributed by atoms with Gasteiger partial charge in [0, 0.05) is 0 Å². The highest BCUT2D eigenvalue weighted by Gasteiger charge is 2.61. The lowest BCUT2D eigenvalue weighted by molar-refractivity contribution is -0.147. The van der Waals surface area contributed by atoms with Gasteiger partial charge in [-0.05, 0) is 37.3 Å². The van der Waals surface area contributed by atoms with Gasteiger partial charge >= 0.3 is 5.97 Å². The summed E-state index contributed by atoms with van der Waals surface area (Å²) in [5, 5.41) is 4.35. The molecule has 1 aromatic heterocycles. The second-order valence-electron chi connectivity index (χ2n) is 7.12. The molecule has 0 bridgehead atoms. The highest BCUT2D eigenvalue weighted by atomic mass is 16.5. The van der Waals surface area contributed by atoms with Crippen LogP contribution < -0.4 is 0 Å². The first-order valence-electron chi connectivity index (χ1n) is 8.17. The summed E-state index contributed by atoms with van der Waals surface area (Å²) in [4.78, 5) is 16.6. The molecule has 0 saturated heterocycles. The zero-order valence-electron chi connectivity index (χ0n) is 14.6. The van der Waals surface area contributed by atoms with Gasteiger partial charge in [-0.2, -0.15) is 0 Å². The Kier molecular flexibility index (Phi) is 4.26. The van der Waals surface area contributed by atoms with E-state index in [4.69, 9.17) is 4.74 Å². The fraction of sp³-hybridized carbons (Fsp3) is 0.421. The Morgan fingerprint density at radius 1 is 1.29 bits per heavy atom. The van der Waals surface area contributed by atoms with Gasteiger partial charge in [-0.25, -0.2) is 9.67 Å². The Labute approximate surface area is 142 Å². The lowest BCUT2D eigenvalue weighted by Crippen LogP contribution is -2.11. The number of hydrogen-bond donors (Lipinski definition) is 0. The maximum atomic E-state index is 12.3. The number of hydrogen-bond acceptors (Lipinski definition) is 4. The number of carbonyl (C=O) groups is 1. The van der Waals surface area contributed by atoms with E-state index in [0.29, 0.717) is 5.82 Å². The Morgan fingerprint density at radius 3 is 2.67 bits per heavy atom. The number of benzene rings is 1. The standard InChI is InChI=1S/C19H23N3O2/c1-13(2)10-15-17(19(15,3)4)18(23)24-11-16-20-12-22(21-16)14-8-6-5-7-9-14/h5-10,12,15,17H,11H2,1-4H3/t15-,17+/m0/s1. The summed E-state index contributed by atoms with van der Waals surface area (Å²) in [6.07, 6.45) is 3.79. The zero-order chi connectivity index (χ0) is 17.3. The highest BCUT2D eigenvalue weighted by molar-refractivity contribution is 5.78. The molecule has 5 nitrogen and oxygen atoms in total. The maximum Gasteiger partial charge on any atom is 0.310 e. The van der Waals surface area contributed by atoms with Crippen molar-refractivity contribution in [1.29, 1.82) is 0 Å². The van der Waals surface area contributed by atoms with Gasteiger partial charge in [0.15, 0.2) is 12.4 Å². The lowest BCUT2D eigenvalue weighted by atomic mass is 10.1. The quantitative estimate of drug-likeness (QED) is 0.623. The summed E-state index contributed by atoms with van der Waals surface area (Å²) in [6.45, 7) is 8.41. The summed E-state index contributed by atoms with van der Waals surface area (Å²) in [5.74, 6) is 0.511. The van der Waals surface area contributed by atoms with Crippen molar-refractivity contribution in [2.75, 3.05) is 0 Å². The van der Waals surface area contributed by atoms with Crippen molar-refractivity contribution in [3.05, 3.63) is 54.1 Å². The monoisotopic (exact) mass is 325 g/mol. The van der Waals surface area contributed by atoms with E-state index in [1.54, 1.807) is 11.0 Å². The van der Waals surface area contributed by atoms with Crippen LogP contribution in [-0.2, 0) is 16.1 Å². The Balaban J connectivity index is 1.60. The molecule has 0 spiro atoms. The third-order valence-electron chi connectivity index (χ3n) is 4.58. The predicted molar refractivity (Wildman–Crippen MR) is 91.3 cm³/mol. The number of allylic oxidation sites excluding steroid dienone is 2. The molecule has 0 aliphatic heterocycles. The Hall–Kier alpha value is -2.43. The third kappa shape index (κ3) is 3.25. The van der Waals surface area contributed by atoms with Gasteiger partial charge in [-0.3, -0.25) is 4.79 Å². The van der Waals surface area contributed by atoms with Crippen molar-refractivity contribution >= 4 is 5.97 Å². The first-order chi connectivity index (χ1) is 11.4. The molecule has 24 heavy (non-hydrogen) atoms. The third-order valence-corrected chi connectivity index (χ3v) is 4.58. The minimum atomic E-state index is -0.168. The van der Waals surface area contributed by atoms with Crippen LogP contribution >= 0.6 is 0 Å². The van der Waals surface area contributed by atoms with Crippen molar-refractivity contribution in [2.24, 2.45) is 17.3 Å². The average molecular weight is 325 g/mol. The minimum Gasteiger partial charge on any atom is -0.457 e. The number of aromatic nitrogens is 3. The van der Waals surface area contributed by atoms with Crippen molar-refractivity contribution in [2.45, 2.75) is 34.3 Å². The molecule has 2 atom stereocenters. The molecule has 0 N–H and O–H groups in total. The van der Waals surface area contributed by atoms with Crippen LogP contribution in [0.5, 0.6) is 0 Å². The molecular formula is C19H23N3O2. The molecule has 1 aromatic carbocycles. The molecule has 0 amide bonds. The van der Waals surface area contributed by atoms with E-state index >= 15 is 0 Å². The van der Waals surface area contributed by atoms with E-state index in [0.717, 1.165) is 5.69 Å². The number of rotatable bonds is 5. The smallest absolute Gasteiger partial charge is 0.310 e. The van der Waals surface area contributed by atoms with Crippen LogP contribution in [0.3, 0.4) is 0 Å². The second kappa shape index (κ2) is 6.23. The van der Waals surface area contributed by atoms with Gasteiger partial charge in [0.1, 0.15) is 6.33 Å². The van der Waals surface area contributed by atoms with E-state index in [9.17, 15) is 4.79 Å². The number of nitrogens with zero attached hydrogens (tertiary/aromatic N) is 3. The first kappa shape index (κ1) is 16.4. The number of para-hydroxylation sites is 1. The topological polar surface area (TPSA) is 57.0 Å². The molecule has 5 heteroatoms. The predicted octanol–water partition coefficient (Wildman–Crippen LogP) is 3.55. The van der Waals surface area contributed by atoms with Crippen LogP contribution in [0.25, 0.3) is 5.69 Å². The van der Waals surface area contributed by atoms with Crippen LogP contribution in [0, 0.1) is 17.3 Å². The minimum absolute atomic E-state index is 0.0365. The largest absolute Gasteiger partial charge is 0.457 e. The van der Waals surface area contributed by atoms with Gasteiger partial charge < -0.3 is 4.74 Å². The van der Waals surface area contributed by atoms with Gasteiger partial charge in [0.05, 0.1) is 11.6 Å². The molecular weight excluding hydrogens is 302 g/mol. The molecule has 0 radical (unpaired) electrons. The van der Waals surface area contributed by atoms with Gasteiger partial charge in [-0.1, -0.05) is 43.7 Å². The molecule has 0 unspecified atom stereocenters. The van der Waals surface area contributed by atoms with Crippen LogP contribution in [0.1, 0.15) is 33.5 Å². The van der Waals surface area contributed by atoms with Crippen LogP contribution in [-0.4, -0.2) is 20.7 Å². The maximum absolute atomic E-state index is 12.3. The molecule has 2 aromatic rings. The first-order valence-corrected chi connectivity index (χ1v) is 8.17. The molecule has 1 aliphatic rings. The second-order valence-corrected chi connectivity index (χ2v) is 7.12. The molecule has 126 valence electrons. The van der Waals surface area contributed by atoms with Gasteiger partial charge in [0.2, 0.25) is 0 Å². The van der Waals surface area contributed by atoms with Gasteiger partial charge in [0.25, 0.3) is 0 Å². The molecule has 3 rings (SSSR count). The number of carbonyl (C=O) groups excluding carboxylic acids is 1. The Bertz CT molecular complexity index is 758. The van der Waals surface area contributed by atoms with E-state index in [2.05, 4.69) is 43.9 Å². The van der Waals surface area contributed by atoms with E-state index in [1.165, 1.54) is 5.57 Å². The summed E-state index contributed by atoms with van der Waals surface area (Å²) in [5.41, 5.74) is 2.12. The zero-order valence-corrected chi connectivity index (χ0v) is 14.6. The Morgan fingerprint density at radius 2 is 2.00 bits per heavy atom. The average Bonchev–Trinajstić information content (AvgIpc) is 2.90. The summed E-state index contributed by atoms with van der Waals surface area (Å²) >= 11 is 0. The molecule has 1 aliphatic carbocycles. The summed E-state index contributed by atoms with van der Waals surface area (Å²) < 4.78 is 7.12. The van der Waals surface area contributed by atoms with Crippen LogP contribution in [0.2, 0.25) is 0 Å².